The zero-order valence-electron chi connectivity index (χ0n) is 10.3. The Bertz CT molecular complexity index is 550. The molecule has 3 heteroatoms. The van der Waals surface area contributed by atoms with Gasteiger partial charge in [-0.1, -0.05) is 6.07 Å². The summed E-state index contributed by atoms with van der Waals surface area (Å²) in [7, 11) is 1.68. The van der Waals surface area contributed by atoms with E-state index in [2.05, 4.69) is 11.1 Å². The Morgan fingerprint density at radius 3 is 2.53 bits per heavy atom. The quantitative estimate of drug-likeness (QED) is 0.859. The maximum Gasteiger partial charge on any atom is 0.124 e. The van der Waals surface area contributed by atoms with E-state index in [0.29, 0.717) is 5.82 Å². The van der Waals surface area contributed by atoms with Crippen LogP contribution < -0.4 is 10.5 Å². The van der Waals surface area contributed by atoms with Crippen molar-refractivity contribution in [3.8, 4) is 17.0 Å². The van der Waals surface area contributed by atoms with Gasteiger partial charge in [0.2, 0.25) is 0 Å². The second kappa shape index (κ2) is 4.45. The molecule has 17 heavy (non-hydrogen) atoms. The molecule has 2 N–H and O–H groups in total. The molecule has 0 aliphatic heterocycles. The van der Waals surface area contributed by atoms with Crippen LogP contribution in [-0.4, -0.2) is 12.1 Å². The first-order valence-electron chi connectivity index (χ1n) is 5.50. The highest BCUT2D eigenvalue weighted by molar-refractivity contribution is 5.67. The number of anilines is 1. The maximum absolute atomic E-state index is 5.70. The fourth-order valence-corrected chi connectivity index (χ4v) is 1.89. The van der Waals surface area contributed by atoms with Crippen LogP contribution in [-0.2, 0) is 0 Å². The van der Waals surface area contributed by atoms with Crippen LogP contribution in [0.5, 0.6) is 5.75 Å². The van der Waals surface area contributed by atoms with Crippen LogP contribution in [0, 0.1) is 13.8 Å². The van der Waals surface area contributed by atoms with Crippen molar-refractivity contribution in [3.63, 3.8) is 0 Å². The lowest BCUT2D eigenvalue weighted by molar-refractivity contribution is 0.411. The molecule has 0 atom stereocenters. The summed E-state index contributed by atoms with van der Waals surface area (Å²) in [6.45, 7) is 4.07. The molecule has 0 spiro atoms. The maximum atomic E-state index is 5.70. The Hall–Kier alpha value is -2.03. The molecule has 3 nitrogen and oxygen atoms in total. The number of pyridine rings is 1. The Morgan fingerprint density at radius 2 is 1.88 bits per heavy atom. The van der Waals surface area contributed by atoms with Gasteiger partial charge in [-0.25, -0.2) is 4.98 Å². The van der Waals surface area contributed by atoms with Crippen molar-refractivity contribution in [2.24, 2.45) is 0 Å². The van der Waals surface area contributed by atoms with Crippen LogP contribution >= 0.6 is 0 Å². The number of hydrogen-bond acceptors (Lipinski definition) is 3. The summed E-state index contributed by atoms with van der Waals surface area (Å²) < 4.78 is 5.30. The minimum atomic E-state index is 0.537. The molecule has 0 aliphatic carbocycles. The third kappa shape index (κ3) is 2.23. The minimum Gasteiger partial charge on any atom is -0.496 e. The molecule has 2 aromatic rings. The number of nitrogens with two attached hydrogens (primary N) is 1. The first kappa shape index (κ1) is 11.5. The first-order valence-corrected chi connectivity index (χ1v) is 5.50. The highest BCUT2D eigenvalue weighted by atomic mass is 16.5. The third-order valence-electron chi connectivity index (χ3n) is 2.79. The van der Waals surface area contributed by atoms with Crippen LogP contribution in [0.25, 0.3) is 11.3 Å². The summed E-state index contributed by atoms with van der Waals surface area (Å²) in [5, 5.41) is 0. The Labute approximate surface area is 101 Å². The fourth-order valence-electron chi connectivity index (χ4n) is 1.89. The summed E-state index contributed by atoms with van der Waals surface area (Å²) in [5.41, 5.74) is 9.92. The summed E-state index contributed by atoms with van der Waals surface area (Å²) in [5.74, 6) is 1.44. The molecule has 88 valence electrons. The standard InChI is InChI=1S/C14H16N2O/c1-9-8-13(17-3)10(2)7-11(9)12-5-4-6-14(15)16-12/h4-8H,1-3H3,(H2,15,16). The van der Waals surface area contributed by atoms with Crippen molar-refractivity contribution < 1.29 is 4.74 Å². The minimum absolute atomic E-state index is 0.537. The lowest BCUT2D eigenvalue weighted by atomic mass is 10.0. The number of rotatable bonds is 2. The molecule has 0 saturated carbocycles. The second-order valence-corrected chi connectivity index (χ2v) is 4.08. The summed E-state index contributed by atoms with van der Waals surface area (Å²) >= 11 is 0. The van der Waals surface area contributed by atoms with Gasteiger partial charge in [0.15, 0.2) is 0 Å². The Balaban J connectivity index is 2.56. The lowest BCUT2D eigenvalue weighted by Crippen LogP contribution is -1.95. The number of aromatic nitrogens is 1. The zero-order chi connectivity index (χ0) is 12.4. The van der Waals surface area contributed by atoms with E-state index in [1.807, 2.05) is 32.0 Å². The molecule has 0 fully saturated rings. The Kier molecular flexibility index (Phi) is 3.00. The number of benzene rings is 1. The monoisotopic (exact) mass is 228 g/mol. The van der Waals surface area contributed by atoms with Gasteiger partial charge in [0.05, 0.1) is 12.8 Å². The average Bonchev–Trinajstić information content (AvgIpc) is 2.31. The average molecular weight is 228 g/mol. The van der Waals surface area contributed by atoms with Crippen molar-refractivity contribution in [2.75, 3.05) is 12.8 Å². The molecule has 2 rings (SSSR count). The largest absolute Gasteiger partial charge is 0.496 e. The number of methoxy groups -OCH3 is 1. The summed E-state index contributed by atoms with van der Waals surface area (Å²) in [4.78, 5) is 4.34. The SMILES string of the molecule is COc1cc(C)c(-c2cccc(N)n2)cc1C. The van der Waals surface area contributed by atoms with Crippen molar-refractivity contribution >= 4 is 5.82 Å². The van der Waals surface area contributed by atoms with E-state index in [-0.39, 0.29) is 0 Å². The van der Waals surface area contributed by atoms with E-state index < -0.39 is 0 Å². The molecule has 0 amide bonds. The molecule has 1 aromatic carbocycles. The molecule has 0 aliphatic rings. The van der Waals surface area contributed by atoms with E-state index >= 15 is 0 Å². The Morgan fingerprint density at radius 1 is 1.12 bits per heavy atom. The molecular weight excluding hydrogens is 212 g/mol. The number of aryl methyl sites for hydroxylation is 2. The van der Waals surface area contributed by atoms with Crippen molar-refractivity contribution in [3.05, 3.63) is 41.5 Å². The van der Waals surface area contributed by atoms with Gasteiger partial charge < -0.3 is 10.5 Å². The van der Waals surface area contributed by atoms with Crippen molar-refractivity contribution in [2.45, 2.75) is 13.8 Å². The van der Waals surface area contributed by atoms with Gasteiger partial charge in [-0.15, -0.1) is 0 Å². The van der Waals surface area contributed by atoms with Crippen molar-refractivity contribution in [1.29, 1.82) is 0 Å². The van der Waals surface area contributed by atoms with Gasteiger partial charge in [-0.2, -0.15) is 0 Å². The molecule has 0 saturated heterocycles. The van der Waals surface area contributed by atoms with Crippen molar-refractivity contribution in [1.82, 2.24) is 4.98 Å². The number of nitrogen functional groups attached to an aromatic ring is 1. The summed E-state index contributed by atoms with van der Waals surface area (Å²) in [6, 6.07) is 9.77. The number of nitrogens with zero attached hydrogens (tertiary/aromatic N) is 1. The highest BCUT2D eigenvalue weighted by Gasteiger charge is 2.08. The molecule has 0 unspecified atom stereocenters. The van der Waals surface area contributed by atoms with E-state index in [0.717, 1.165) is 28.1 Å². The van der Waals surface area contributed by atoms with Gasteiger partial charge in [-0.3, -0.25) is 0 Å². The number of ether oxygens (including phenoxy) is 1. The highest BCUT2D eigenvalue weighted by Crippen LogP contribution is 2.29. The van der Waals surface area contributed by atoms with Gasteiger partial charge >= 0.3 is 0 Å². The smallest absolute Gasteiger partial charge is 0.124 e. The van der Waals surface area contributed by atoms with E-state index in [1.165, 1.54) is 0 Å². The van der Waals surface area contributed by atoms with Gasteiger partial charge in [0.25, 0.3) is 0 Å². The first-order chi connectivity index (χ1) is 8.11. The zero-order valence-corrected chi connectivity index (χ0v) is 10.3. The van der Waals surface area contributed by atoms with Crippen LogP contribution in [0.15, 0.2) is 30.3 Å². The molecule has 0 bridgehead atoms. The molecule has 0 radical (unpaired) electrons. The predicted octanol–water partition coefficient (Wildman–Crippen LogP) is 2.96. The molecule has 1 heterocycles. The van der Waals surface area contributed by atoms with Crippen LogP contribution in [0.2, 0.25) is 0 Å². The lowest BCUT2D eigenvalue weighted by Gasteiger charge is -2.11. The molecule has 1 aromatic heterocycles. The molecular formula is C14H16N2O. The predicted molar refractivity (Wildman–Crippen MR) is 70.1 cm³/mol. The van der Waals surface area contributed by atoms with Gasteiger partial charge in [0.1, 0.15) is 11.6 Å². The van der Waals surface area contributed by atoms with Crippen LogP contribution in [0.4, 0.5) is 5.82 Å². The second-order valence-electron chi connectivity index (χ2n) is 4.08. The fraction of sp³-hybridized carbons (Fsp3) is 0.214. The third-order valence-corrected chi connectivity index (χ3v) is 2.79. The van der Waals surface area contributed by atoms with Gasteiger partial charge in [0, 0.05) is 5.56 Å². The summed E-state index contributed by atoms with van der Waals surface area (Å²) in [6.07, 6.45) is 0. The van der Waals surface area contributed by atoms with E-state index in [9.17, 15) is 0 Å². The van der Waals surface area contributed by atoms with Crippen LogP contribution in [0.1, 0.15) is 11.1 Å². The van der Waals surface area contributed by atoms with Crippen LogP contribution in [0.3, 0.4) is 0 Å². The number of hydrogen-bond donors (Lipinski definition) is 1. The van der Waals surface area contributed by atoms with E-state index in [1.54, 1.807) is 13.2 Å². The normalized spacial score (nSPS) is 10.3. The topological polar surface area (TPSA) is 48.1 Å². The van der Waals surface area contributed by atoms with E-state index in [4.69, 9.17) is 10.5 Å². The van der Waals surface area contributed by atoms with Gasteiger partial charge in [-0.05, 0) is 49.2 Å².